The SMILES string of the molecule is C=C(C)c1cn(CC(=O)N2C[C@H](F)CC2C(=C)Nc2ccc3ccccc3c2)c2ccc(-c3ccnnc3)cc12. The van der Waals surface area contributed by atoms with Gasteiger partial charge in [-0.1, -0.05) is 49.6 Å². The Morgan fingerprint density at radius 2 is 1.85 bits per heavy atom. The third kappa shape index (κ3) is 4.86. The summed E-state index contributed by atoms with van der Waals surface area (Å²) in [5.74, 6) is -0.154. The first-order chi connectivity index (χ1) is 19.4. The summed E-state index contributed by atoms with van der Waals surface area (Å²) >= 11 is 0. The molecule has 1 aliphatic rings. The van der Waals surface area contributed by atoms with E-state index in [1.54, 1.807) is 17.3 Å². The fourth-order valence-corrected chi connectivity index (χ4v) is 5.57. The van der Waals surface area contributed by atoms with Crippen LogP contribution in [0.5, 0.6) is 0 Å². The Kier molecular flexibility index (Phi) is 6.64. The topological polar surface area (TPSA) is 63.1 Å². The molecule has 0 saturated carbocycles. The van der Waals surface area contributed by atoms with E-state index in [9.17, 15) is 9.18 Å². The van der Waals surface area contributed by atoms with Gasteiger partial charge in [-0.2, -0.15) is 10.2 Å². The van der Waals surface area contributed by atoms with Crippen molar-refractivity contribution < 1.29 is 9.18 Å². The van der Waals surface area contributed by atoms with Gasteiger partial charge < -0.3 is 14.8 Å². The summed E-state index contributed by atoms with van der Waals surface area (Å²) in [5.41, 5.74) is 6.22. The van der Waals surface area contributed by atoms with Crippen molar-refractivity contribution in [3.8, 4) is 11.1 Å². The minimum atomic E-state index is -1.10. The first kappa shape index (κ1) is 25.5. The number of likely N-dealkylation sites (tertiary alicyclic amines) is 1. The van der Waals surface area contributed by atoms with E-state index < -0.39 is 12.2 Å². The number of allylic oxidation sites excluding steroid dienone is 1. The molecule has 1 amide bonds. The average molecular weight is 532 g/mol. The number of fused-ring (bicyclic) bond motifs is 2. The highest BCUT2D eigenvalue weighted by Gasteiger charge is 2.37. The van der Waals surface area contributed by atoms with Crippen LogP contribution in [0.15, 0.2) is 104 Å². The van der Waals surface area contributed by atoms with Crippen LogP contribution in [0, 0.1) is 0 Å². The summed E-state index contributed by atoms with van der Waals surface area (Å²) < 4.78 is 16.6. The molecule has 5 aromatic rings. The van der Waals surface area contributed by atoms with Crippen LogP contribution in [0.3, 0.4) is 0 Å². The molecule has 40 heavy (non-hydrogen) atoms. The van der Waals surface area contributed by atoms with Gasteiger partial charge in [-0.3, -0.25) is 4.79 Å². The van der Waals surface area contributed by atoms with Gasteiger partial charge in [0, 0.05) is 46.0 Å². The van der Waals surface area contributed by atoms with E-state index in [-0.39, 0.29) is 25.4 Å². The highest BCUT2D eigenvalue weighted by molar-refractivity contribution is 5.96. The van der Waals surface area contributed by atoms with Crippen molar-refractivity contribution in [1.29, 1.82) is 0 Å². The fourth-order valence-electron chi connectivity index (χ4n) is 5.57. The maximum atomic E-state index is 14.7. The second kappa shape index (κ2) is 10.4. The molecule has 6 rings (SSSR count). The average Bonchev–Trinajstić information content (AvgIpc) is 3.54. The number of anilines is 1. The number of amides is 1. The monoisotopic (exact) mass is 531 g/mol. The first-order valence-corrected chi connectivity index (χ1v) is 13.3. The van der Waals surface area contributed by atoms with Crippen LogP contribution in [0.4, 0.5) is 10.1 Å². The zero-order valence-corrected chi connectivity index (χ0v) is 22.3. The minimum absolute atomic E-state index is 0.0493. The van der Waals surface area contributed by atoms with Crippen LogP contribution in [0.25, 0.3) is 38.4 Å². The Morgan fingerprint density at radius 3 is 2.62 bits per heavy atom. The Balaban J connectivity index is 1.25. The molecule has 0 radical (unpaired) electrons. The number of benzene rings is 3. The zero-order valence-electron chi connectivity index (χ0n) is 22.3. The van der Waals surface area contributed by atoms with Crippen molar-refractivity contribution in [2.45, 2.75) is 32.1 Å². The van der Waals surface area contributed by atoms with E-state index >= 15 is 0 Å². The predicted octanol–water partition coefficient (Wildman–Crippen LogP) is 6.85. The maximum absolute atomic E-state index is 14.7. The third-order valence-electron chi connectivity index (χ3n) is 7.59. The van der Waals surface area contributed by atoms with E-state index in [1.807, 2.05) is 72.3 Å². The van der Waals surface area contributed by atoms with Gasteiger partial charge in [0.1, 0.15) is 12.7 Å². The van der Waals surface area contributed by atoms with Gasteiger partial charge in [-0.05, 0) is 59.2 Å². The molecule has 1 N–H and O–H groups in total. The molecule has 1 aliphatic heterocycles. The number of nitrogens with one attached hydrogen (secondary N) is 1. The maximum Gasteiger partial charge on any atom is 0.243 e. The first-order valence-electron chi connectivity index (χ1n) is 13.3. The standard InChI is InChI=1S/C33H30FN5O/c1-21(2)30-19-38(31-11-9-25(15-29(30)31)26-12-13-35-36-17-26)20-33(40)39-18-27(34)16-32(39)22(3)37-28-10-8-23-6-4-5-7-24(23)14-28/h4-15,17,19,27,32,37H,1,3,16,18,20H2,2H3/t27-,32?/m1/s1. The second-order valence-corrected chi connectivity index (χ2v) is 10.4. The number of carbonyl (C=O) groups excluding carboxylic acids is 1. The summed E-state index contributed by atoms with van der Waals surface area (Å²) in [5, 5.41) is 14.4. The fraction of sp³-hybridized carbons (Fsp3) is 0.182. The Hall–Kier alpha value is -4.78. The Morgan fingerprint density at radius 1 is 1.02 bits per heavy atom. The van der Waals surface area contributed by atoms with Crippen molar-refractivity contribution in [3.05, 3.63) is 110 Å². The van der Waals surface area contributed by atoms with Crippen molar-refractivity contribution in [1.82, 2.24) is 19.7 Å². The number of hydrogen-bond donors (Lipinski definition) is 1. The predicted molar refractivity (Wildman–Crippen MR) is 159 cm³/mol. The van der Waals surface area contributed by atoms with Crippen LogP contribution in [0.1, 0.15) is 18.9 Å². The minimum Gasteiger partial charge on any atom is -0.358 e. The summed E-state index contributed by atoms with van der Waals surface area (Å²) in [4.78, 5) is 15.3. The van der Waals surface area contributed by atoms with E-state index in [0.29, 0.717) is 5.70 Å². The molecule has 7 heteroatoms. The molecule has 6 nitrogen and oxygen atoms in total. The normalized spacial score (nSPS) is 16.9. The van der Waals surface area contributed by atoms with E-state index in [1.165, 1.54) is 0 Å². The Bertz CT molecular complexity index is 1760. The largest absolute Gasteiger partial charge is 0.358 e. The lowest BCUT2D eigenvalue weighted by atomic mass is 10.0. The molecule has 0 spiro atoms. The molecule has 2 aromatic heterocycles. The van der Waals surface area contributed by atoms with Gasteiger partial charge in [0.2, 0.25) is 5.91 Å². The molecule has 1 unspecified atom stereocenters. The van der Waals surface area contributed by atoms with Crippen LogP contribution < -0.4 is 5.32 Å². The molecular weight excluding hydrogens is 501 g/mol. The van der Waals surface area contributed by atoms with Gasteiger partial charge in [0.05, 0.1) is 25.0 Å². The second-order valence-electron chi connectivity index (χ2n) is 10.4. The van der Waals surface area contributed by atoms with Crippen LogP contribution in [-0.2, 0) is 11.3 Å². The van der Waals surface area contributed by atoms with Crippen molar-refractivity contribution >= 4 is 38.8 Å². The number of nitrogens with zero attached hydrogens (tertiary/aromatic N) is 4. The summed E-state index contributed by atoms with van der Waals surface area (Å²) in [7, 11) is 0. The molecule has 1 saturated heterocycles. The number of carbonyl (C=O) groups is 1. The number of aromatic nitrogens is 3. The van der Waals surface area contributed by atoms with Crippen molar-refractivity contribution in [2.75, 3.05) is 11.9 Å². The zero-order chi connectivity index (χ0) is 27.8. The van der Waals surface area contributed by atoms with Gasteiger partial charge in [0.25, 0.3) is 0 Å². The van der Waals surface area contributed by atoms with Crippen molar-refractivity contribution in [3.63, 3.8) is 0 Å². The lowest BCUT2D eigenvalue weighted by molar-refractivity contribution is -0.132. The van der Waals surface area contributed by atoms with Crippen LogP contribution >= 0.6 is 0 Å². The molecule has 2 atom stereocenters. The Labute approximate surface area is 232 Å². The number of rotatable bonds is 7. The summed E-state index contributed by atoms with van der Waals surface area (Å²) in [6.07, 6.45) is 4.46. The van der Waals surface area contributed by atoms with Crippen LogP contribution in [-0.4, -0.2) is 44.3 Å². The lowest BCUT2D eigenvalue weighted by Crippen LogP contribution is -2.40. The van der Waals surface area contributed by atoms with Crippen LogP contribution in [0.2, 0.25) is 0 Å². The summed E-state index contributed by atoms with van der Waals surface area (Å²) in [6, 6.07) is 21.7. The quantitative estimate of drug-likeness (QED) is 0.250. The highest BCUT2D eigenvalue weighted by atomic mass is 19.1. The smallest absolute Gasteiger partial charge is 0.243 e. The number of hydrogen-bond acceptors (Lipinski definition) is 4. The number of halogens is 1. The highest BCUT2D eigenvalue weighted by Crippen LogP contribution is 2.32. The van der Waals surface area contributed by atoms with Gasteiger partial charge in [-0.25, -0.2) is 4.39 Å². The lowest BCUT2D eigenvalue weighted by Gasteiger charge is -2.27. The van der Waals surface area contributed by atoms with Gasteiger partial charge in [0.15, 0.2) is 0 Å². The third-order valence-corrected chi connectivity index (χ3v) is 7.59. The van der Waals surface area contributed by atoms with E-state index in [2.05, 4.69) is 40.8 Å². The van der Waals surface area contributed by atoms with Gasteiger partial charge in [-0.15, -0.1) is 0 Å². The summed E-state index contributed by atoms with van der Waals surface area (Å²) in [6.45, 7) is 10.4. The van der Waals surface area contributed by atoms with Crippen molar-refractivity contribution in [2.24, 2.45) is 0 Å². The molecule has 1 fully saturated rings. The van der Waals surface area contributed by atoms with Gasteiger partial charge >= 0.3 is 0 Å². The molecule has 0 aliphatic carbocycles. The molecule has 200 valence electrons. The molecule has 3 heterocycles. The molecule has 3 aromatic carbocycles. The molecule has 0 bridgehead atoms. The van der Waals surface area contributed by atoms with E-state index in [0.717, 1.165) is 49.6 Å². The number of alkyl halides is 1. The van der Waals surface area contributed by atoms with E-state index in [4.69, 9.17) is 0 Å². The molecular formula is C33H30FN5O.